The molecule has 0 aliphatic rings. The summed E-state index contributed by atoms with van der Waals surface area (Å²) >= 11 is 24.3. The van der Waals surface area contributed by atoms with Crippen LogP contribution < -0.4 is 0 Å². The van der Waals surface area contributed by atoms with Crippen LogP contribution in [0.2, 0.25) is 20.1 Å². The summed E-state index contributed by atoms with van der Waals surface area (Å²) in [5.74, 6) is 0. The van der Waals surface area contributed by atoms with Crippen LogP contribution in [0.4, 0.5) is 0 Å². The lowest BCUT2D eigenvalue weighted by molar-refractivity contribution is 1.16. The Hall–Kier alpha value is -0.400. The molecule has 0 aliphatic carbocycles. The smallest absolute Gasteiger partial charge is 0.0630 e. The van der Waals surface area contributed by atoms with Crippen molar-refractivity contribution in [2.75, 3.05) is 0 Å². The summed E-state index contributed by atoms with van der Waals surface area (Å²) in [5, 5.41) is 2.40. The largest absolute Gasteiger partial charge is 0.0843 e. The highest BCUT2D eigenvalue weighted by atomic mass is 35.5. The average molecular weight is 320 g/mol. The maximum absolute atomic E-state index is 6.23. The Balaban J connectivity index is 2.43. The first-order valence-corrected chi connectivity index (χ1v) is 6.87. The molecule has 0 aromatic heterocycles. The Bertz CT molecular complexity index is 591. The molecular formula is C14H10Cl4. The third kappa shape index (κ3) is 2.95. The highest BCUT2D eigenvalue weighted by Crippen LogP contribution is 2.32. The van der Waals surface area contributed by atoms with Gasteiger partial charge in [0, 0.05) is 16.5 Å². The van der Waals surface area contributed by atoms with E-state index in [1.165, 1.54) is 0 Å². The van der Waals surface area contributed by atoms with Crippen molar-refractivity contribution in [3.63, 3.8) is 0 Å². The Morgan fingerprint density at radius 3 is 2.28 bits per heavy atom. The number of benzene rings is 2. The van der Waals surface area contributed by atoms with Crippen LogP contribution in [0.5, 0.6) is 0 Å². The number of halogens is 4. The van der Waals surface area contributed by atoms with E-state index in [0.29, 0.717) is 26.5 Å². The van der Waals surface area contributed by atoms with E-state index in [9.17, 15) is 0 Å². The van der Waals surface area contributed by atoms with Crippen molar-refractivity contribution in [1.29, 1.82) is 0 Å². The van der Waals surface area contributed by atoms with Crippen molar-refractivity contribution in [2.24, 2.45) is 0 Å². The molecule has 0 unspecified atom stereocenters. The van der Waals surface area contributed by atoms with Crippen LogP contribution in [-0.4, -0.2) is 0 Å². The van der Waals surface area contributed by atoms with Gasteiger partial charge in [-0.25, -0.2) is 0 Å². The molecule has 0 nitrogen and oxygen atoms in total. The zero-order valence-corrected chi connectivity index (χ0v) is 12.6. The summed E-state index contributed by atoms with van der Waals surface area (Å²) in [6, 6.07) is 9.20. The topological polar surface area (TPSA) is 0 Å². The summed E-state index contributed by atoms with van der Waals surface area (Å²) in [7, 11) is 0. The lowest BCUT2D eigenvalue weighted by Gasteiger charge is -2.11. The van der Waals surface area contributed by atoms with E-state index in [4.69, 9.17) is 46.4 Å². The predicted molar refractivity (Wildman–Crippen MR) is 80.5 cm³/mol. The molecule has 0 atom stereocenters. The number of rotatable bonds is 2. The standard InChI is InChI=1S/C14H10Cl4/c1-8-2-5-12(16)14(18)11(8)6-9-3-4-10(15)7-13(9)17/h2-5,7H,6H2,1H3. The second-order valence-corrected chi connectivity index (χ2v) is 5.70. The summed E-state index contributed by atoms with van der Waals surface area (Å²) in [6.07, 6.45) is 0.640. The predicted octanol–water partition coefficient (Wildman–Crippen LogP) is 6.20. The van der Waals surface area contributed by atoms with Crippen LogP contribution in [0.1, 0.15) is 16.7 Å². The molecular weight excluding hydrogens is 310 g/mol. The minimum absolute atomic E-state index is 0.558. The first-order chi connectivity index (χ1) is 8.49. The second-order valence-electron chi connectivity index (χ2n) is 4.07. The lowest BCUT2D eigenvalue weighted by atomic mass is 10.0. The van der Waals surface area contributed by atoms with E-state index < -0.39 is 0 Å². The van der Waals surface area contributed by atoms with Gasteiger partial charge in [0.15, 0.2) is 0 Å². The fourth-order valence-corrected chi connectivity index (χ4v) is 2.69. The summed E-state index contributed by atoms with van der Waals surface area (Å²) in [4.78, 5) is 0. The van der Waals surface area contributed by atoms with Gasteiger partial charge in [-0.1, -0.05) is 58.5 Å². The second kappa shape index (κ2) is 5.71. The highest BCUT2D eigenvalue weighted by Gasteiger charge is 2.11. The van der Waals surface area contributed by atoms with Gasteiger partial charge in [0.2, 0.25) is 0 Å². The van der Waals surface area contributed by atoms with E-state index in [-0.39, 0.29) is 0 Å². The van der Waals surface area contributed by atoms with E-state index in [0.717, 1.165) is 16.7 Å². The molecule has 0 N–H and O–H groups in total. The monoisotopic (exact) mass is 318 g/mol. The summed E-state index contributed by atoms with van der Waals surface area (Å²) < 4.78 is 0. The lowest BCUT2D eigenvalue weighted by Crippen LogP contribution is -1.95. The maximum Gasteiger partial charge on any atom is 0.0630 e. The molecule has 0 heterocycles. The molecule has 2 rings (SSSR count). The first-order valence-electron chi connectivity index (χ1n) is 5.36. The summed E-state index contributed by atoms with van der Waals surface area (Å²) in [5.41, 5.74) is 3.07. The third-order valence-electron chi connectivity index (χ3n) is 2.81. The van der Waals surface area contributed by atoms with E-state index in [1.807, 2.05) is 25.1 Å². The Morgan fingerprint density at radius 2 is 1.61 bits per heavy atom. The van der Waals surface area contributed by atoms with Gasteiger partial charge in [0.1, 0.15) is 0 Å². The molecule has 4 heteroatoms. The van der Waals surface area contributed by atoms with Gasteiger partial charge in [-0.15, -0.1) is 0 Å². The van der Waals surface area contributed by atoms with Crippen molar-refractivity contribution in [3.8, 4) is 0 Å². The first kappa shape index (κ1) is 14.0. The zero-order chi connectivity index (χ0) is 13.3. The van der Waals surface area contributed by atoms with Crippen LogP contribution in [0.25, 0.3) is 0 Å². The van der Waals surface area contributed by atoms with Gasteiger partial charge in [-0.05, 0) is 41.8 Å². The van der Waals surface area contributed by atoms with Gasteiger partial charge in [-0.3, -0.25) is 0 Å². The molecule has 18 heavy (non-hydrogen) atoms. The van der Waals surface area contributed by atoms with E-state index >= 15 is 0 Å². The van der Waals surface area contributed by atoms with E-state index in [1.54, 1.807) is 12.1 Å². The van der Waals surface area contributed by atoms with Crippen molar-refractivity contribution in [3.05, 3.63) is 67.1 Å². The molecule has 0 saturated carbocycles. The van der Waals surface area contributed by atoms with Crippen LogP contribution in [-0.2, 0) is 6.42 Å². The molecule has 0 radical (unpaired) electrons. The number of aryl methyl sites for hydroxylation is 1. The SMILES string of the molecule is Cc1ccc(Cl)c(Cl)c1Cc1ccc(Cl)cc1Cl. The average Bonchev–Trinajstić information content (AvgIpc) is 2.32. The molecule has 0 fully saturated rings. The molecule has 0 saturated heterocycles. The summed E-state index contributed by atoms with van der Waals surface area (Å²) in [6.45, 7) is 2.00. The molecule has 2 aromatic carbocycles. The number of hydrogen-bond donors (Lipinski definition) is 0. The number of hydrogen-bond acceptors (Lipinski definition) is 0. The Labute approximate surface area is 126 Å². The molecule has 0 aliphatic heterocycles. The highest BCUT2D eigenvalue weighted by molar-refractivity contribution is 6.42. The van der Waals surface area contributed by atoms with Crippen molar-refractivity contribution >= 4 is 46.4 Å². The molecule has 2 aromatic rings. The van der Waals surface area contributed by atoms with Gasteiger partial charge >= 0.3 is 0 Å². The third-order valence-corrected chi connectivity index (χ3v) is 4.24. The Morgan fingerprint density at radius 1 is 0.889 bits per heavy atom. The minimum atomic E-state index is 0.558. The van der Waals surface area contributed by atoms with Crippen molar-refractivity contribution in [2.45, 2.75) is 13.3 Å². The normalized spacial score (nSPS) is 10.7. The van der Waals surface area contributed by atoms with Gasteiger partial charge in [0.05, 0.1) is 10.0 Å². The molecule has 0 amide bonds. The minimum Gasteiger partial charge on any atom is -0.0843 e. The van der Waals surface area contributed by atoms with Crippen LogP contribution in [0.15, 0.2) is 30.3 Å². The maximum atomic E-state index is 6.23. The van der Waals surface area contributed by atoms with Gasteiger partial charge in [-0.2, -0.15) is 0 Å². The Kier molecular flexibility index (Phi) is 4.45. The van der Waals surface area contributed by atoms with E-state index in [2.05, 4.69) is 0 Å². The quantitative estimate of drug-likeness (QED) is 0.618. The fourth-order valence-electron chi connectivity index (χ4n) is 1.76. The van der Waals surface area contributed by atoms with Crippen molar-refractivity contribution in [1.82, 2.24) is 0 Å². The zero-order valence-electron chi connectivity index (χ0n) is 9.61. The van der Waals surface area contributed by atoms with Crippen LogP contribution in [0, 0.1) is 6.92 Å². The molecule has 0 spiro atoms. The van der Waals surface area contributed by atoms with Crippen molar-refractivity contribution < 1.29 is 0 Å². The van der Waals surface area contributed by atoms with Crippen LogP contribution in [0.3, 0.4) is 0 Å². The fraction of sp³-hybridized carbons (Fsp3) is 0.143. The van der Waals surface area contributed by atoms with Gasteiger partial charge in [0.25, 0.3) is 0 Å². The van der Waals surface area contributed by atoms with Gasteiger partial charge < -0.3 is 0 Å². The van der Waals surface area contributed by atoms with Crippen LogP contribution >= 0.6 is 46.4 Å². The molecule has 94 valence electrons. The molecule has 0 bridgehead atoms.